The van der Waals surface area contributed by atoms with Gasteiger partial charge in [0.2, 0.25) is 0 Å². The Bertz CT molecular complexity index is 278. The highest BCUT2D eigenvalue weighted by molar-refractivity contribution is 5.76. The summed E-state index contributed by atoms with van der Waals surface area (Å²) in [6.45, 7) is 7.04. The molecule has 0 saturated heterocycles. The van der Waals surface area contributed by atoms with Gasteiger partial charge < -0.3 is 15.2 Å². The van der Waals surface area contributed by atoms with E-state index in [1.54, 1.807) is 20.8 Å². The first-order valence-corrected chi connectivity index (χ1v) is 6.89. The van der Waals surface area contributed by atoms with Crippen molar-refractivity contribution < 1.29 is 19.4 Å². The molecule has 0 heterocycles. The van der Waals surface area contributed by atoms with E-state index < -0.39 is 24.2 Å². The van der Waals surface area contributed by atoms with Gasteiger partial charge in [0.15, 0.2) is 0 Å². The summed E-state index contributed by atoms with van der Waals surface area (Å²) in [4.78, 5) is 20.8. The van der Waals surface area contributed by atoms with Crippen molar-refractivity contribution in [2.24, 2.45) is 5.92 Å². The molecular weight excluding hydrogens is 246 g/mol. The van der Waals surface area contributed by atoms with Gasteiger partial charge in [-0.15, -0.1) is 0 Å². The van der Waals surface area contributed by atoms with Gasteiger partial charge in [0.25, 0.3) is 0 Å². The average molecular weight is 273 g/mol. The quantitative estimate of drug-likeness (QED) is 0.810. The first-order chi connectivity index (χ1) is 8.70. The lowest BCUT2D eigenvalue weighted by molar-refractivity contribution is -0.136. The van der Waals surface area contributed by atoms with Gasteiger partial charge in [-0.2, -0.15) is 0 Å². The predicted molar refractivity (Wildman–Crippen MR) is 74.1 cm³/mol. The predicted octanol–water partition coefficient (Wildman–Crippen LogP) is 3.18. The van der Waals surface area contributed by atoms with Crippen molar-refractivity contribution in [2.45, 2.75) is 65.4 Å². The van der Waals surface area contributed by atoms with Gasteiger partial charge in [-0.05, 0) is 26.7 Å². The largest absolute Gasteiger partial charge is 0.480 e. The minimum Gasteiger partial charge on any atom is -0.480 e. The van der Waals surface area contributed by atoms with Gasteiger partial charge in [-0.25, -0.2) is 4.79 Å². The number of carbonyl (C=O) groups is 2. The van der Waals surface area contributed by atoms with Crippen LogP contribution >= 0.6 is 0 Å². The van der Waals surface area contributed by atoms with E-state index in [-0.39, 0.29) is 0 Å². The van der Waals surface area contributed by atoms with Crippen molar-refractivity contribution in [1.82, 2.24) is 5.32 Å². The molecule has 2 N–H and O–H groups in total. The number of carboxylic acids is 1. The van der Waals surface area contributed by atoms with E-state index in [0.29, 0.717) is 0 Å². The molecule has 1 rings (SSSR count). The summed E-state index contributed by atoms with van der Waals surface area (Å²) in [7, 11) is 0. The molecule has 0 aromatic heterocycles. The molecule has 1 aliphatic carbocycles. The molecule has 112 valence electrons. The maximum atomic E-state index is 10.8. The molecule has 0 atom stereocenters. The van der Waals surface area contributed by atoms with E-state index in [9.17, 15) is 9.59 Å². The molecule has 0 unspecified atom stereocenters. The van der Waals surface area contributed by atoms with E-state index in [1.807, 2.05) is 0 Å². The van der Waals surface area contributed by atoms with Crippen LogP contribution in [0.1, 0.15) is 59.8 Å². The number of amides is 1. The fourth-order valence-electron chi connectivity index (χ4n) is 1.77. The number of carbonyl (C=O) groups excluding carboxylic acids is 1. The molecule has 0 bridgehead atoms. The Morgan fingerprint density at radius 2 is 1.74 bits per heavy atom. The van der Waals surface area contributed by atoms with Crippen LogP contribution in [-0.4, -0.2) is 29.3 Å². The Kier molecular flexibility index (Phi) is 8.19. The maximum absolute atomic E-state index is 10.8. The average Bonchev–Trinajstić information content (AvgIpc) is 2.26. The number of ether oxygens (including phenoxy) is 1. The highest BCUT2D eigenvalue weighted by Crippen LogP contribution is 2.22. The van der Waals surface area contributed by atoms with E-state index in [4.69, 9.17) is 9.84 Å². The third-order valence-electron chi connectivity index (χ3n) is 2.68. The highest BCUT2D eigenvalue weighted by atomic mass is 16.6. The molecule has 19 heavy (non-hydrogen) atoms. The van der Waals surface area contributed by atoms with Crippen LogP contribution in [0.25, 0.3) is 0 Å². The van der Waals surface area contributed by atoms with Crippen molar-refractivity contribution in [3.63, 3.8) is 0 Å². The van der Waals surface area contributed by atoms with Gasteiger partial charge in [0, 0.05) is 0 Å². The molecule has 1 fully saturated rings. The third-order valence-corrected chi connectivity index (χ3v) is 2.68. The van der Waals surface area contributed by atoms with Crippen LogP contribution in [0.5, 0.6) is 0 Å². The molecule has 0 spiro atoms. The Hall–Kier alpha value is -1.26. The normalized spacial score (nSPS) is 16.0. The van der Waals surface area contributed by atoms with Gasteiger partial charge in [0.05, 0.1) is 0 Å². The number of alkyl carbamates (subject to hydrolysis) is 1. The smallest absolute Gasteiger partial charge is 0.408 e. The summed E-state index contributed by atoms with van der Waals surface area (Å²) in [5, 5.41) is 10.3. The van der Waals surface area contributed by atoms with Crippen LogP contribution in [0.3, 0.4) is 0 Å². The lowest BCUT2D eigenvalue weighted by atomic mass is 9.91. The molecule has 5 heteroatoms. The summed E-state index contributed by atoms with van der Waals surface area (Å²) in [5.41, 5.74) is -0.595. The Labute approximate surface area is 115 Å². The van der Waals surface area contributed by atoms with Crippen molar-refractivity contribution in [3.8, 4) is 0 Å². The van der Waals surface area contributed by atoms with Crippen LogP contribution < -0.4 is 5.32 Å². The van der Waals surface area contributed by atoms with E-state index >= 15 is 0 Å². The third kappa shape index (κ3) is 13.0. The first kappa shape index (κ1) is 17.7. The fourth-order valence-corrected chi connectivity index (χ4v) is 1.77. The van der Waals surface area contributed by atoms with Crippen LogP contribution in [0.4, 0.5) is 4.79 Å². The van der Waals surface area contributed by atoms with Crippen molar-refractivity contribution in [1.29, 1.82) is 0 Å². The Balaban J connectivity index is 0.000000388. The summed E-state index contributed by atoms with van der Waals surface area (Å²) in [5.74, 6) is -0.0605. The van der Waals surface area contributed by atoms with Crippen LogP contribution in [0, 0.1) is 5.92 Å². The van der Waals surface area contributed by atoms with Crippen molar-refractivity contribution in [2.75, 3.05) is 6.54 Å². The van der Waals surface area contributed by atoms with Gasteiger partial charge in [-0.1, -0.05) is 39.0 Å². The van der Waals surface area contributed by atoms with Gasteiger partial charge >= 0.3 is 12.1 Å². The maximum Gasteiger partial charge on any atom is 0.408 e. The molecule has 1 aliphatic rings. The number of hydrogen-bond donors (Lipinski definition) is 2. The standard InChI is InChI=1S/C7H13NO4.C7H14/c1-7(2,3)12-6(11)8-4-5(9)10;1-7-5-3-2-4-6-7/h4H2,1-3H3,(H,8,11)(H,9,10);7H,2-6H2,1H3. The summed E-state index contributed by atoms with van der Waals surface area (Å²) < 4.78 is 4.77. The zero-order chi connectivity index (χ0) is 14.9. The molecule has 5 nitrogen and oxygen atoms in total. The molecule has 0 aliphatic heterocycles. The zero-order valence-corrected chi connectivity index (χ0v) is 12.5. The highest BCUT2D eigenvalue weighted by Gasteiger charge is 2.16. The monoisotopic (exact) mass is 273 g/mol. The van der Waals surface area contributed by atoms with Gasteiger partial charge in [0.1, 0.15) is 12.1 Å². The number of aliphatic carboxylic acids is 1. The van der Waals surface area contributed by atoms with Crippen molar-refractivity contribution in [3.05, 3.63) is 0 Å². The lowest BCUT2D eigenvalue weighted by Gasteiger charge is -2.19. The van der Waals surface area contributed by atoms with Crippen molar-refractivity contribution >= 4 is 12.1 Å². The Morgan fingerprint density at radius 3 is 2.05 bits per heavy atom. The first-order valence-electron chi connectivity index (χ1n) is 6.89. The minimum atomic E-state index is -1.10. The second-order valence-corrected chi connectivity index (χ2v) is 5.99. The van der Waals surface area contributed by atoms with E-state index in [2.05, 4.69) is 12.2 Å². The van der Waals surface area contributed by atoms with E-state index in [1.165, 1.54) is 32.1 Å². The lowest BCUT2D eigenvalue weighted by Crippen LogP contribution is -2.35. The molecule has 1 amide bonds. The van der Waals surface area contributed by atoms with Crippen LogP contribution in [-0.2, 0) is 9.53 Å². The SMILES string of the molecule is CC(C)(C)OC(=O)NCC(=O)O.CC1CCCCC1. The molecule has 0 radical (unpaired) electrons. The number of carboxylic acid groups (broad SMARTS) is 1. The minimum absolute atomic E-state index is 0.422. The van der Waals surface area contributed by atoms with Crippen LogP contribution in [0.2, 0.25) is 0 Å². The van der Waals surface area contributed by atoms with Crippen LogP contribution in [0.15, 0.2) is 0 Å². The molecule has 1 saturated carbocycles. The number of rotatable bonds is 2. The second kappa shape index (κ2) is 8.77. The number of nitrogens with one attached hydrogen (secondary N) is 1. The Morgan fingerprint density at radius 1 is 1.21 bits per heavy atom. The molecule has 0 aromatic rings. The summed E-state index contributed by atoms with van der Waals surface area (Å²) in [6.07, 6.45) is 6.72. The fraction of sp³-hybridized carbons (Fsp3) is 0.857. The van der Waals surface area contributed by atoms with E-state index in [0.717, 1.165) is 5.92 Å². The molecular formula is C14H27NO4. The number of hydrogen-bond acceptors (Lipinski definition) is 3. The summed E-state index contributed by atoms with van der Waals surface area (Å²) >= 11 is 0. The van der Waals surface area contributed by atoms with Gasteiger partial charge in [-0.3, -0.25) is 4.79 Å². The topological polar surface area (TPSA) is 75.6 Å². The summed E-state index contributed by atoms with van der Waals surface area (Å²) in [6, 6.07) is 0. The second-order valence-electron chi connectivity index (χ2n) is 5.99. The zero-order valence-electron chi connectivity index (χ0n) is 12.5. The molecule has 0 aromatic carbocycles.